The van der Waals surface area contributed by atoms with Gasteiger partial charge in [0.25, 0.3) is 6.43 Å². The molecule has 18 heavy (non-hydrogen) atoms. The maximum Gasteiger partial charge on any atom is 0.256 e. The Hall–Kier alpha value is -1.16. The summed E-state index contributed by atoms with van der Waals surface area (Å²) in [4.78, 5) is 2.18. The third-order valence-electron chi connectivity index (χ3n) is 3.72. The molecule has 1 N–H and O–H groups in total. The van der Waals surface area contributed by atoms with Crippen molar-refractivity contribution in [2.24, 2.45) is 0 Å². The summed E-state index contributed by atoms with van der Waals surface area (Å²) in [6.07, 6.45) is -1.31. The molecule has 0 atom stereocenters. The van der Waals surface area contributed by atoms with Gasteiger partial charge in [-0.25, -0.2) is 8.78 Å². The Morgan fingerprint density at radius 1 is 1.22 bits per heavy atom. The van der Waals surface area contributed by atoms with E-state index >= 15 is 0 Å². The largest absolute Gasteiger partial charge is 0.371 e. The Balaban J connectivity index is 2.02. The molecule has 1 aliphatic heterocycles. The normalized spacial score (nSPS) is 19.2. The predicted octanol–water partition coefficient (Wildman–Crippen LogP) is 2.90. The highest BCUT2D eigenvalue weighted by atomic mass is 19.3. The molecule has 0 aliphatic carbocycles. The van der Waals surface area contributed by atoms with E-state index in [9.17, 15) is 8.78 Å². The zero-order chi connectivity index (χ0) is 13.0. The van der Waals surface area contributed by atoms with Gasteiger partial charge < -0.3 is 10.2 Å². The van der Waals surface area contributed by atoms with Crippen molar-refractivity contribution in [3.8, 4) is 0 Å². The van der Waals surface area contributed by atoms with E-state index in [1.165, 1.54) is 0 Å². The number of para-hydroxylation sites is 1. The van der Waals surface area contributed by atoms with E-state index in [2.05, 4.69) is 10.2 Å². The molecule has 2 rings (SSSR count). The Kier molecular flexibility index (Phi) is 4.17. The molecule has 0 unspecified atom stereocenters. The van der Waals surface area contributed by atoms with Crippen LogP contribution < -0.4 is 10.2 Å². The number of nitrogens with zero attached hydrogens (tertiary/aromatic N) is 1. The van der Waals surface area contributed by atoms with Crippen molar-refractivity contribution in [1.29, 1.82) is 0 Å². The van der Waals surface area contributed by atoms with Crippen molar-refractivity contribution in [1.82, 2.24) is 5.32 Å². The molecule has 0 amide bonds. The van der Waals surface area contributed by atoms with Crippen LogP contribution in [-0.4, -0.2) is 31.6 Å². The highest BCUT2D eigenvalue weighted by Gasteiger charge is 2.41. The van der Waals surface area contributed by atoms with E-state index < -0.39 is 12.0 Å². The third kappa shape index (κ3) is 2.64. The molecule has 0 aromatic heterocycles. The Morgan fingerprint density at radius 3 is 2.33 bits per heavy atom. The third-order valence-corrected chi connectivity index (χ3v) is 3.72. The van der Waals surface area contributed by atoms with Crippen LogP contribution in [0.5, 0.6) is 0 Å². The smallest absolute Gasteiger partial charge is 0.256 e. The summed E-state index contributed by atoms with van der Waals surface area (Å²) in [5, 5.41) is 2.99. The van der Waals surface area contributed by atoms with Crippen LogP contribution in [0.3, 0.4) is 0 Å². The number of nitrogens with one attached hydrogen (secondary N) is 1. The average molecular weight is 254 g/mol. The first-order valence-corrected chi connectivity index (χ1v) is 6.51. The summed E-state index contributed by atoms with van der Waals surface area (Å²) in [7, 11) is 0. The fourth-order valence-corrected chi connectivity index (χ4v) is 2.63. The summed E-state index contributed by atoms with van der Waals surface area (Å²) in [6.45, 7) is 3.84. The minimum Gasteiger partial charge on any atom is -0.371 e. The SMILES string of the molecule is CCNC1(C(F)F)CCN(c2ccccc2)CC1. The van der Waals surface area contributed by atoms with Crippen LogP contribution in [-0.2, 0) is 0 Å². The predicted molar refractivity (Wildman–Crippen MR) is 70.3 cm³/mol. The molecule has 0 radical (unpaired) electrons. The number of hydrogen-bond acceptors (Lipinski definition) is 2. The van der Waals surface area contributed by atoms with Crippen molar-refractivity contribution < 1.29 is 8.78 Å². The highest BCUT2D eigenvalue weighted by Crippen LogP contribution is 2.30. The number of hydrogen-bond donors (Lipinski definition) is 1. The van der Waals surface area contributed by atoms with Gasteiger partial charge in [0.1, 0.15) is 0 Å². The lowest BCUT2D eigenvalue weighted by molar-refractivity contribution is 0.0155. The van der Waals surface area contributed by atoms with E-state index in [1.54, 1.807) is 0 Å². The van der Waals surface area contributed by atoms with Gasteiger partial charge in [-0.3, -0.25) is 0 Å². The summed E-state index contributed by atoms with van der Waals surface area (Å²) >= 11 is 0. The van der Waals surface area contributed by atoms with E-state index in [0.29, 0.717) is 32.5 Å². The first-order chi connectivity index (χ1) is 8.68. The number of halogens is 2. The molecular formula is C14H20F2N2. The van der Waals surface area contributed by atoms with Crippen LogP contribution >= 0.6 is 0 Å². The van der Waals surface area contributed by atoms with Crippen LogP contribution in [0.1, 0.15) is 19.8 Å². The topological polar surface area (TPSA) is 15.3 Å². The number of anilines is 1. The number of piperidine rings is 1. The van der Waals surface area contributed by atoms with Gasteiger partial charge in [0.2, 0.25) is 0 Å². The molecule has 0 bridgehead atoms. The quantitative estimate of drug-likeness (QED) is 0.888. The Bertz CT molecular complexity index is 359. The molecule has 1 heterocycles. The molecule has 1 aromatic rings. The van der Waals surface area contributed by atoms with Crippen LogP contribution in [0.4, 0.5) is 14.5 Å². The van der Waals surface area contributed by atoms with Crippen LogP contribution in [0.25, 0.3) is 0 Å². The molecule has 4 heteroatoms. The van der Waals surface area contributed by atoms with Gasteiger partial charge in [0.05, 0.1) is 5.54 Å². The molecule has 1 aliphatic rings. The van der Waals surface area contributed by atoms with Crippen molar-refractivity contribution in [2.75, 3.05) is 24.5 Å². The van der Waals surface area contributed by atoms with Crippen molar-refractivity contribution in [3.05, 3.63) is 30.3 Å². The van der Waals surface area contributed by atoms with Crippen molar-refractivity contribution in [2.45, 2.75) is 31.7 Å². The summed E-state index contributed by atoms with van der Waals surface area (Å²) < 4.78 is 26.4. The fourth-order valence-electron chi connectivity index (χ4n) is 2.63. The first-order valence-electron chi connectivity index (χ1n) is 6.51. The molecule has 1 saturated heterocycles. The van der Waals surface area contributed by atoms with Gasteiger partial charge in [-0.2, -0.15) is 0 Å². The second-order valence-corrected chi connectivity index (χ2v) is 4.81. The van der Waals surface area contributed by atoms with Gasteiger partial charge in [0.15, 0.2) is 0 Å². The van der Waals surface area contributed by atoms with Gasteiger partial charge in [-0.05, 0) is 31.5 Å². The lowest BCUT2D eigenvalue weighted by Gasteiger charge is -2.42. The van der Waals surface area contributed by atoms with Crippen LogP contribution in [0.2, 0.25) is 0 Å². The summed E-state index contributed by atoms with van der Waals surface area (Å²) in [5.41, 5.74) is 0.136. The Morgan fingerprint density at radius 2 is 1.83 bits per heavy atom. The minimum atomic E-state index is -2.30. The fraction of sp³-hybridized carbons (Fsp3) is 0.571. The van der Waals surface area contributed by atoms with Gasteiger partial charge in [0, 0.05) is 18.8 Å². The molecule has 1 fully saturated rings. The lowest BCUT2D eigenvalue weighted by Crippen LogP contribution is -2.58. The molecule has 100 valence electrons. The molecule has 2 nitrogen and oxygen atoms in total. The standard InChI is InChI=1S/C14H20F2N2/c1-2-17-14(13(15)16)8-10-18(11-9-14)12-6-4-3-5-7-12/h3-7,13,17H,2,8-11H2,1H3. The van der Waals surface area contributed by atoms with E-state index in [0.717, 1.165) is 5.69 Å². The lowest BCUT2D eigenvalue weighted by atomic mass is 9.87. The zero-order valence-corrected chi connectivity index (χ0v) is 10.7. The maximum absolute atomic E-state index is 13.2. The van der Waals surface area contributed by atoms with E-state index in [1.807, 2.05) is 37.3 Å². The molecule has 1 aromatic carbocycles. The van der Waals surface area contributed by atoms with E-state index in [-0.39, 0.29) is 0 Å². The van der Waals surface area contributed by atoms with Crippen LogP contribution in [0, 0.1) is 0 Å². The van der Waals surface area contributed by atoms with Gasteiger partial charge in [-0.1, -0.05) is 25.1 Å². The van der Waals surface area contributed by atoms with Crippen molar-refractivity contribution >= 4 is 5.69 Å². The molecule has 0 saturated carbocycles. The summed E-state index contributed by atoms with van der Waals surface area (Å²) in [6, 6.07) is 9.99. The number of rotatable bonds is 4. The van der Waals surface area contributed by atoms with E-state index in [4.69, 9.17) is 0 Å². The average Bonchev–Trinajstić information content (AvgIpc) is 2.41. The zero-order valence-electron chi connectivity index (χ0n) is 10.7. The second kappa shape index (κ2) is 5.65. The second-order valence-electron chi connectivity index (χ2n) is 4.81. The number of benzene rings is 1. The van der Waals surface area contributed by atoms with Crippen LogP contribution in [0.15, 0.2) is 30.3 Å². The van der Waals surface area contributed by atoms with Gasteiger partial charge >= 0.3 is 0 Å². The summed E-state index contributed by atoms with van der Waals surface area (Å²) in [5.74, 6) is 0. The molecular weight excluding hydrogens is 234 g/mol. The maximum atomic E-state index is 13.2. The Labute approximate surface area is 107 Å². The number of alkyl halides is 2. The monoisotopic (exact) mass is 254 g/mol. The highest BCUT2D eigenvalue weighted by molar-refractivity contribution is 5.46. The minimum absolute atomic E-state index is 0.493. The van der Waals surface area contributed by atoms with Crippen molar-refractivity contribution in [3.63, 3.8) is 0 Å². The molecule has 0 spiro atoms. The van der Waals surface area contributed by atoms with Gasteiger partial charge in [-0.15, -0.1) is 0 Å². The first kappa shape index (κ1) is 13.3.